The van der Waals surface area contributed by atoms with Crippen molar-refractivity contribution in [2.45, 2.75) is 30.8 Å². The first kappa shape index (κ1) is 21.2. The summed E-state index contributed by atoms with van der Waals surface area (Å²) in [6.45, 7) is 5.85. The Morgan fingerprint density at radius 3 is 2.46 bits per heavy atom. The molecule has 3 rings (SSSR count). The lowest BCUT2D eigenvalue weighted by molar-refractivity contribution is 0.391. The van der Waals surface area contributed by atoms with Crippen LogP contribution < -0.4 is 19.7 Å². The third-order valence-corrected chi connectivity index (χ3v) is 6.87. The van der Waals surface area contributed by atoms with Crippen molar-refractivity contribution in [1.82, 2.24) is 5.32 Å². The van der Waals surface area contributed by atoms with E-state index >= 15 is 0 Å². The summed E-state index contributed by atoms with van der Waals surface area (Å²) in [6.07, 6.45) is 0. The molecule has 2 aromatic rings. The Labute approximate surface area is 179 Å². The Kier molecular flexibility index (Phi) is 6.44. The van der Waals surface area contributed by atoms with E-state index in [1.165, 1.54) is 6.07 Å². The molecular formula is C19H23BrClN3O3S. The first-order valence-corrected chi connectivity index (χ1v) is 11.5. The fraction of sp³-hybridized carbons (Fsp3) is 0.368. The number of halogens is 2. The molecular weight excluding hydrogens is 466 g/mol. The predicted molar refractivity (Wildman–Crippen MR) is 117 cm³/mol. The number of nitrogens with one attached hydrogen (secondary N) is 2. The van der Waals surface area contributed by atoms with E-state index in [2.05, 4.69) is 44.7 Å². The van der Waals surface area contributed by atoms with Crippen molar-refractivity contribution in [1.29, 1.82) is 0 Å². The van der Waals surface area contributed by atoms with Crippen molar-refractivity contribution in [3.63, 3.8) is 0 Å². The second-order valence-electron chi connectivity index (χ2n) is 6.94. The lowest BCUT2D eigenvalue weighted by Gasteiger charge is -2.38. The fourth-order valence-corrected chi connectivity index (χ4v) is 5.52. The number of ether oxygens (including phenoxy) is 1. The Morgan fingerprint density at radius 1 is 1.18 bits per heavy atom. The van der Waals surface area contributed by atoms with Gasteiger partial charge in [0.15, 0.2) is 0 Å². The summed E-state index contributed by atoms with van der Waals surface area (Å²) in [7, 11) is -2.21. The van der Waals surface area contributed by atoms with Crippen LogP contribution in [0, 0.1) is 0 Å². The number of piperazine rings is 1. The van der Waals surface area contributed by atoms with Gasteiger partial charge in [0, 0.05) is 29.6 Å². The molecule has 1 saturated heterocycles. The molecule has 1 aliphatic heterocycles. The molecule has 0 saturated carbocycles. The molecule has 1 aliphatic rings. The van der Waals surface area contributed by atoms with E-state index in [0.29, 0.717) is 28.0 Å². The first-order chi connectivity index (χ1) is 13.2. The monoisotopic (exact) mass is 487 g/mol. The number of hydrogen-bond donors (Lipinski definition) is 2. The number of hydrogen-bond acceptors (Lipinski definition) is 5. The van der Waals surface area contributed by atoms with Gasteiger partial charge < -0.3 is 15.0 Å². The van der Waals surface area contributed by atoms with Crippen LogP contribution >= 0.6 is 27.5 Å². The summed E-state index contributed by atoms with van der Waals surface area (Å²) in [6, 6.07) is 10.6. The average Bonchev–Trinajstić information content (AvgIpc) is 2.60. The van der Waals surface area contributed by atoms with Gasteiger partial charge in [-0.1, -0.05) is 27.5 Å². The molecule has 0 aromatic heterocycles. The summed E-state index contributed by atoms with van der Waals surface area (Å²) in [5, 5.41) is 3.64. The van der Waals surface area contributed by atoms with Crippen LogP contribution in [0.3, 0.4) is 0 Å². The quantitative estimate of drug-likeness (QED) is 0.663. The van der Waals surface area contributed by atoms with E-state index in [-0.39, 0.29) is 9.92 Å². The molecule has 0 spiro atoms. The minimum Gasteiger partial charge on any atom is -0.495 e. The third-order valence-electron chi connectivity index (χ3n) is 4.51. The van der Waals surface area contributed by atoms with Crippen molar-refractivity contribution in [3.8, 4) is 5.75 Å². The highest BCUT2D eigenvalue weighted by Gasteiger charge is 2.24. The predicted octanol–water partition coefficient (Wildman–Crippen LogP) is 4.10. The van der Waals surface area contributed by atoms with Gasteiger partial charge in [0.2, 0.25) is 0 Å². The Bertz CT molecular complexity index is 961. The maximum absolute atomic E-state index is 12.8. The Morgan fingerprint density at radius 2 is 1.86 bits per heavy atom. The number of sulfonamides is 1. The van der Waals surface area contributed by atoms with Crippen molar-refractivity contribution in [2.75, 3.05) is 29.8 Å². The van der Waals surface area contributed by atoms with Crippen LogP contribution in [-0.4, -0.2) is 40.7 Å². The summed E-state index contributed by atoms with van der Waals surface area (Å²) >= 11 is 9.41. The SMILES string of the molecule is COc1ccc(NS(=O)(=O)c2ccc(Br)cc2Cl)cc1N1C[C@@H](C)N[C@@H](C)C1. The Balaban J connectivity index is 1.93. The molecule has 0 bridgehead atoms. The van der Waals surface area contributed by atoms with Crippen LogP contribution in [-0.2, 0) is 10.0 Å². The molecule has 9 heteroatoms. The van der Waals surface area contributed by atoms with E-state index in [0.717, 1.165) is 18.8 Å². The topological polar surface area (TPSA) is 70.7 Å². The van der Waals surface area contributed by atoms with Crippen LogP contribution in [0.15, 0.2) is 45.8 Å². The lowest BCUT2D eigenvalue weighted by Crippen LogP contribution is -2.54. The average molecular weight is 489 g/mol. The molecule has 2 aromatic carbocycles. The molecule has 0 unspecified atom stereocenters. The molecule has 0 amide bonds. The van der Waals surface area contributed by atoms with Gasteiger partial charge in [-0.3, -0.25) is 4.72 Å². The molecule has 152 valence electrons. The second kappa shape index (κ2) is 8.49. The zero-order chi connectivity index (χ0) is 20.5. The third kappa shape index (κ3) is 4.74. The number of anilines is 2. The summed E-state index contributed by atoms with van der Waals surface area (Å²) in [5.41, 5.74) is 1.30. The largest absolute Gasteiger partial charge is 0.495 e. The van der Waals surface area contributed by atoms with Gasteiger partial charge in [-0.2, -0.15) is 0 Å². The highest BCUT2D eigenvalue weighted by atomic mass is 79.9. The van der Waals surface area contributed by atoms with Crippen molar-refractivity contribution in [2.24, 2.45) is 0 Å². The van der Waals surface area contributed by atoms with Crippen LogP contribution in [0.1, 0.15) is 13.8 Å². The minimum absolute atomic E-state index is 0.0270. The number of methoxy groups -OCH3 is 1. The number of nitrogens with zero attached hydrogens (tertiary/aromatic N) is 1. The van der Waals surface area contributed by atoms with E-state index in [1.807, 2.05) is 0 Å². The number of benzene rings is 2. The van der Waals surface area contributed by atoms with Crippen LogP contribution in [0.4, 0.5) is 11.4 Å². The molecule has 6 nitrogen and oxygen atoms in total. The van der Waals surface area contributed by atoms with Gasteiger partial charge in [-0.15, -0.1) is 0 Å². The van der Waals surface area contributed by atoms with Gasteiger partial charge in [0.25, 0.3) is 10.0 Å². The van der Waals surface area contributed by atoms with Gasteiger partial charge in [-0.05, 0) is 50.2 Å². The van der Waals surface area contributed by atoms with E-state index in [9.17, 15) is 8.42 Å². The minimum atomic E-state index is -3.82. The smallest absolute Gasteiger partial charge is 0.263 e. The maximum Gasteiger partial charge on any atom is 0.263 e. The van der Waals surface area contributed by atoms with Gasteiger partial charge in [0.05, 0.1) is 23.5 Å². The lowest BCUT2D eigenvalue weighted by atomic mass is 10.1. The van der Waals surface area contributed by atoms with E-state index < -0.39 is 10.0 Å². The normalized spacial score (nSPS) is 20.1. The molecule has 1 fully saturated rings. The van der Waals surface area contributed by atoms with Crippen LogP contribution in [0.25, 0.3) is 0 Å². The van der Waals surface area contributed by atoms with Gasteiger partial charge >= 0.3 is 0 Å². The molecule has 1 heterocycles. The zero-order valence-electron chi connectivity index (χ0n) is 15.9. The fourth-order valence-electron chi connectivity index (χ4n) is 3.43. The first-order valence-electron chi connectivity index (χ1n) is 8.86. The van der Waals surface area contributed by atoms with Crippen LogP contribution in [0.2, 0.25) is 5.02 Å². The maximum atomic E-state index is 12.8. The van der Waals surface area contributed by atoms with Crippen molar-refractivity contribution < 1.29 is 13.2 Å². The summed E-state index contributed by atoms with van der Waals surface area (Å²) < 4.78 is 34.5. The van der Waals surface area contributed by atoms with Crippen LogP contribution in [0.5, 0.6) is 5.75 Å². The van der Waals surface area contributed by atoms with Gasteiger partial charge in [0.1, 0.15) is 10.6 Å². The van der Waals surface area contributed by atoms with E-state index in [1.54, 1.807) is 37.4 Å². The standard InChI is InChI=1S/C19H23BrClN3O3S/c1-12-10-24(11-13(2)22-12)17-9-15(5-6-18(17)27-3)23-28(25,26)19-7-4-14(20)8-16(19)21/h4-9,12-13,22-23H,10-11H2,1-3H3/t12-,13+. The summed E-state index contributed by atoms with van der Waals surface area (Å²) in [5.74, 6) is 0.700. The highest BCUT2D eigenvalue weighted by Crippen LogP contribution is 2.34. The Hall–Kier alpha value is -1.48. The summed E-state index contributed by atoms with van der Waals surface area (Å²) in [4.78, 5) is 2.23. The zero-order valence-corrected chi connectivity index (χ0v) is 19.0. The van der Waals surface area contributed by atoms with Crippen molar-refractivity contribution in [3.05, 3.63) is 45.9 Å². The highest BCUT2D eigenvalue weighted by molar-refractivity contribution is 9.10. The molecule has 2 atom stereocenters. The molecule has 0 radical (unpaired) electrons. The van der Waals surface area contributed by atoms with E-state index in [4.69, 9.17) is 16.3 Å². The number of rotatable bonds is 5. The van der Waals surface area contributed by atoms with Crippen molar-refractivity contribution >= 4 is 48.9 Å². The molecule has 2 N–H and O–H groups in total. The molecule has 28 heavy (non-hydrogen) atoms. The molecule has 0 aliphatic carbocycles. The second-order valence-corrected chi connectivity index (χ2v) is 9.91. The van der Waals surface area contributed by atoms with Gasteiger partial charge in [-0.25, -0.2) is 8.42 Å².